The molecule has 184 valence electrons. The minimum atomic E-state index is -0.838. The average molecular weight is 477 g/mol. The quantitative estimate of drug-likeness (QED) is 0.527. The Bertz CT molecular complexity index is 1080. The monoisotopic (exact) mass is 476 g/mol. The van der Waals surface area contributed by atoms with Crippen LogP contribution in [0.15, 0.2) is 48.5 Å². The molecule has 3 aliphatic carbocycles. The van der Waals surface area contributed by atoms with Gasteiger partial charge >= 0.3 is 12.1 Å². The third kappa shape index (κ3) is 4.77. The number of carbonyl (C=O) groups is 3. The largest absolute Gasteiger partial charge is 0.481 e. The van der Waals surface area contributed by atoms with Crippen LogP contribution in [-0.4, -0.2) is 42.8 Å². The van der Waals surface area contributed by atoms with E-state index in [1.165, 1.54) is 22.3 Å². The van der Waals surface area contributed by atoms with Gasteiger partial charge in [-0.2, -0.15) is 0 Å². The number of hydrogen-bond donors (Lipinski definition) is 3. The highest BCUT2D eigenvalue weighted by Gasteiger charge is 2.50. The molecule has 0 spiro atoms. The van der Waals surface area contributed by atoms with Crippen molar-refractivity contribution in [3.8, 4) is 11.1 Å². The highest BCUT2D eigenvalue weighted by Crippen LogP contribution is 2.46. The highest BCUT2D eigenvalue weighted by molar-refractivity contribution is 5.82. The molecule has 0 radical (unpaired) electrons. The Hall–Kier alpha value is -3.35. The number of carbonyl (C=O) groups excluding carboxylic acids is 2. The van der Waals surface area contributed by atoms with Crippen LogP contribution >= 0.6 is 0 Å². The zero-order valence-electron chi connectivity index (χ0n) is 19.8. The van der Waals surface area contributed by atoms with Gasteiger partial charge in [0.05, 0.1) is 5.41 Å². The van der Waals surface area contributed by atoms with Crippen molar-refractivity contribution in [2.75, 3.05) is 19.7 Å². The smallest absolute Gasteiger partial charge is 0.407 e. The van der Waals surface area contributed by atoms with Crippen molar-refractivity contribution in [2.24, 2.45) is 17.3 Å². The number of rotatable bonds is 8. The van der Waals surface area contributed by atoms with Gasteiger partial charge in [0, 0.05) is 24.9 Å². The van der Waals surface area contributed by atoms with Gasteiger partial charge in [-0.3, -0.25) is 9.59 Å². The lowest BCUT2D eigenvalue weighted by molar-refractivity contribution is -0.143. The average Bonchev–Trinajstić information content (AvgIpc) is 3.62. The van der Waals surface area contributed by atoms with Gasteiger partial charge in [0.2, 0.25) is 5.91 Å². The fourth-order valence-electron chi connectivity index (χ4n) is 5.67. The van der Waals surface area contributed by atoms with Crippen molar-refractivity contribution < 1.29 is 24.2 Å². The summed E-state index contributed by atoms with van der Waals surface area (Å²) >= 11 is 0. The van der Waals surface area contributed by atoms with Crippen molar-refractivity contribution in [3.63, 3.8) is 0 Å². The fourth-order valence-corrected chi connectivity index (χ4v) is 5.67. The number of amides is 2. The van der Waals surface area contributed by atoms with Crippen molar-refractivity contribution >= 4 is 18.0 Å². The standard InChI is InChI=1S/C28H32N2O5/c31-25(30-17-28(13-14-28)26(32)33)19-8-2-1-7-18(19)15-29-27(34)35-16-24-22-11-5-3-9-20(22)21-10-4-6-12-23(21)24/h3-6,9-12,18-19,24H,1-2,7-8,13-17H2,(H,29,34)(H,30,31)(H,32,33)/t18-,19-/m0/s1. The molecule has 2 saturated carbocycles. The van der Waals surface area contributed by atoms with E-state index in [-0.39, 0.29) is 36.8 Å². The van der Waals surface area contributed by atoms with E-state index in [0.717, 1.165) is 25.7 Å². The first-order valence-corrected chi connectivity index (χ1v) is 12.6. The van der Waals surface area contributed by atoms with Crippen molar-refractivity contribution in [3.05, 3.63) is 59.7 Å². The van der Waals surface area contributed by atoms with E-state index >= 15 is 0 Å². The molecule has 2 fully saturated rings. The Morgan fingerprint density at radius 1 is 0.914 bits per heavy atom. The number of hydrogen-bond acceptors (Lipinski definition) is 4. The molecule has 3 N–H and O–H groups in total. The van der Waals surface area contributed by atoms with Crippen LogP contribution < -0.4 is 10.6 Å². The lowest BCUT2D eigenvalue weighted by Crippen LogP contribution is -2.44. The van der Waals surface area contributed by atoms with Gasteiger partial charge in [-0.25, -0.2) is 4.79 Å². The van der Waals surface area contributed by atoms with E-state index in [2.05, 4.69) is 34.9 Å². The molecule has 2 amide bonds. The SMILES string of the molecule is O=C(NC[C@@H]1CCCC[C@@H]1C(=O)NCC1(C(=O)O)CC1)OCC1c2ccccc2-c2ccccc21. The molecule has 0 saturated heterocycles. The molecule has 5 rings (SSSR count). The molecule has 2 aromatic carbocycles. The van der Waals surface area contributed by atoms with Gasteiger partial charge in [0.15, 0.2) is 0 Å². The zero-order valence-corrected chi connectivity index (χ0v) is 19.8. The van der Waals surface area contributed by atoms with Gasteiger partial charge in [-0.1, -0.05) is 61.4 Å². The first-order chi connectivity index (χ1) is 17.0. The molecule has 0 aliphatic heterocycles. The maximum Gasteiger partial charge on any atom is 0.407 e. The number of aliphatic carboxylic acids is 1. The highest BCUT2D eigenvalue weighted by atomic mass is 16.5. The van der Waals surface area contributed by atoms with Crippen LogP contribution in [0.4, 0.5) is 4.79 Å². The Morgan fingerprint density at radius 2 is 1.54 bits per heavy atom. The minimum Gasteiger partial charge on any atom is -0.481 e. The summed E-state index contributed by atoms with van der Waals surface area (Å²) in [6, 6.07) is 16.4. The number of alkyl carbamates (subject to hydrolysis) is 1. The topological polar surface area (TPSA) is 105 Å². The normalized spacial score (nSPS) is 21.9. The summed E-state index contributed by atoms with van der Waals surface area (Å²) in [5, 5.41) is 15.1. The Kier molecular flexibility index (Phi) is 6.50. The summed E-state index contributed by atoms with van der Waals surface area (Å²) in [5.41, 5.74) is 3.92. The molecule has 2 aromatic rings. The number of carboxylic acids is 1. The molecule has 7 nitrogen and oxygen atoms in total. The second kappa shape index (κ2) is 9.72. The molecule has 0 unspecified atom stereocenters. The van der Waals surface area contributed by atoms with E-state index in [9.17, 15) is 19.5 Å². The van der Waals surface area contributed by atoms with Crippen molar-refractivity contribution in [2.45, 2.75) is 44.4 Å². The van der Waals surface area contributed by atoms with Gasteiger partial charge in [0.1, 0.15) is 6.61 Å². The maximum absolute atomic E-state index is 12.8. The van der Waals surface area contributed by atoms with Gasteiger partial charge in [-0.15, -0.1) is 0 Å². The van der Waals surface area contributed by atoms with E-state index in [0.29, 0.717) is 19.4 Å². The summed E-state index contributed by atoms with van der Waals surface area (Å²) < 4.78 is 5.64. The van der Waals surface area contributed by atoms with Crippen LogP contribution in [0.3, 0.4) is 0 Å². The van der Waals surface area contributed by atoms with Gasteiger partial charge in [-0.05, 0) is 53.9 Å². The molecule has 2 atom stereocenters. The number of nitrogens with one attached hydrogen (secondary N) is 2. The Labute approximate surface area is 205 Å². The van der Waals surface area contributed by atoms with Crippen LogP contribution in [-0.2, 0) is 14.3 Å². The minimum absolute atomic E-state index is 0.00494. The van der Waals surface area contributed by atoms with Crippen LogP contribution in [0.5, 0.6) is 0 Å². The van der Waals surface area contributed by atoms with Crippen molar-refractivity contribution in [1.29, 1.82) is 0 Å². The maximum atomic E-state index is 12.8. The number of carboxylic acid groups (broad SMARTS) is 1. The molecule has 35 heavy (non-hydrogen) atoms. The molecule has 0 aromatic heterocycles. The number of benzene rings is 2. The number of ether oxygens (including phenoxy) is 1. The van der Waals surface area contributed by atoms with Gasteiger partial charge < -0.3 is 20.5 Å². The summed E-state index contributed by atoms with van der Waals surface area (Å²) in [4.78, 5) is 36.8. The molecular formula is C28H32N2O5. The summed E-state index contributed by atoms with van der Waals surface area (Å²) in [7, 11) is 0. The van der Waals surface area contributed by atoms with E-state index in [1.54, 1.807) is 0 Å². The van der Waals surface area contributed by atoms with E-state index in [1.807, 2.05) is 24.3 Å². The lowest BCUT2D eigenvalue weighted by Gasteiger charge is -2.31. The summed E-state index contributed by atoms with van der Waals surface area (Å²) in [5.74, 6) is -1.14. The molecular weight excluding hydrogens is 444 g/mol. The predicted molar refractivity (Wildman–Crippen MR) is 131 cm³/mol. The molecule has 0 heterocycles. The third-order valence-electron chi connectivity index (χ3n) is 8.01. The number of fused-ring (bicyclic) bond motifs is 3. The third-order valence-corrected chi connectivity index (χ3v) is 8.01. The predicted octanol–water partition coefficient (Wildman–Crippen LogP) is 4.31. The van der Waals surface area contributed by atoms with Gasteiger partial charge in [0.25, 0.3) is 0 Å². The second-order valence-corrected chi connectivity index (χ2v) is 10.2. The van der Waals surface area contributed by atoms with E-state index in [4.69, 9.17) is 4.74 Å². The molecule has 3 aliphatic rings. The molecule has 7 heteroatoms. The Balaban J connectivity index is 1.14. The van der Waals surface area contributed by atoms with Crippen LogP contribution in [0.1, 0.15) is 55.6 Å². The fraction of sp³-hybridized carbons (Fsp3) is 0.464. The summed E-state index contributed by atoms with van der Waals surface area (Å²) in [6.07, 6.45) is 4.33. The first kappa shape index (κ1) is 23.4. The summed E-state index contributed by atoms with van der Waals surface area (Å²) in [6.45, 7) is 0.814. The van der Waals surface area contributed by atoms with Crippen LogP contribution in [0.25, 0.3) is 11.1 Å². The van der Waals surface area contributed by atoms with Crippen molar-refractivity contribution in [1.82, 2.24) is 10.6 Å². The first-order valence-electron chi connectivity index (χ1n) is 12.6. The van der Waals surface area contributed by atoms with Crippen LogP contribution in [0.2, 0.25) is 0 Å². The zero-order chi connectivity index (χ0) is 24.4. The van der Waals surface area contributed by atoms with E-state index < -0.39 is 17.5 Å². The van der Waals surface area contributed by atoms with Crippen LogP contribution in [0, 0.1) is 17.3 Å². The molecule has 0 bridgehead atoms. The second-order valence-electron chi connectivity index (χ2n) is 10.2. The Morgan fingerprint density at radius 3 is 2.17 bits per heavy atom. The lowest BCUT2D eigenvalue weighted by atomic mass is 9.78.